The first-order valence-electron chi connectivity index (χ1n) is 11.1. The van der Waals surface area contributed by atoms with Gasteiger partial charge < -0.3 is 15.0 Å². The lowest BCUT2D eigenvalue weighted by Gasteiger charge is -2.31. The molecule has 1 N–H and O–H groups in total. The van der Waals surface area contributed by atoms with Gasteiger partial charge in [0.1, 0.15) is 18.3 Å². The van der Waals surface area contributed by atoms with Crippen molar-refractivity contribution in [3.63, 3.8) is 0 Å². The third-order valence-electron chi connectivity index (χ3n) is 5.38. The second kappa shape index (κ2) is 13.0. The number of unbranched alkanes of at least 4 members (excludes halogenated alkanes) is 1. The first-order chi connectivity index (χ1) is 16.5. The molecule has 0 fully saturated rings. The molecule has 1 atom stereocenters. The highest BCUT2D eigenvalue weighted by molar-refractivity contribution is 7.92. The van der Waals surface area contributed by atoms with Crippen molar-refractivity contribution < 1.29 is 22.7 Å². The van der Waals surface area contributed by atoms with E-state index in [1.165, 1.54) is 23.1 Å². The van der Waals surface area contributed by atoms with Gasteiger partial charge in [0.2, 0.25) is 21.8 Å². The van der Waals surface area contributed by atoms with Crippen LogP contribution in [0.2, 0.25) is 10.0 Å². The van der Waals surface area contributed by atoms with Gasteiger partial charge in [-0.2, -0.15) is 0 Å². The monoisotopic (exact) mass is 543 g/mol. The summed E-state index contributed by atoms with van der Waals surface area (Å²) in [5.41, 5.74) is 0.951. The SMILES string of the molecule is CCCCNC(=O)[C@@H](C)N(Cc1ccc(OC)cc1)C(=O)CN(c1ccc(Cl)c(Cl)c1)S(C)(=O)=O. The van der Waals surface area contributed by atoms with E-state index < -0.39 is 28.5 Å². The molecule has 2 aromatic carbocycles. The number of carbonyl (C=O) groups excluding carboxylic acids is 2. The second-order valence-corrected chi connectivity index (χ2v) is 10.8. The highest BCUT2D eigenvalue weighted by Gasteiger charge is 2.30. The highest BCUT2D eigenvalue weighted by Crippen LogP contribution is 2.28. The van der Waals surface area contributed by atoms with Gasteiger partial charge in [0.15, 0.2) is 0 Å². The molecule has 0 unspecified atom stereocenters. The van der Waals surface area contributed by atoms with Gasteiger partial charge in [0.25, 0.3) is 0 Å². The van der Waals surface area contributed by atoms with Gasteiger partial charge >= 0.3 is 0 Å². The van der Waals surface area contributed by atoms with Crippen molar-refractivity contribution in [1.29, 1.82) is 0 Å². The minimum atomic E-state index is -3.85. The van der Waals surface area contributed by atoms with Crippen LogP contribution in [0.4, 0.5) is 5.69 Å². The Kier molecular flexibility index (Phi) is 10.7. The number of methoxy groups -OCH3 is 1. The molecule has 0 aliphatic rings. The van der Waals surface area contributed by atoms with Crippen LogP contribution in [-0.2, 0) is 26.2 Å². The van der Waals surface area contributed by atoms with Crippen molar-refractivity contribution >= 4 is 50.7 Å². The van der Waals surface area contributed by atoms with Gasteiger partial charge in [-0.25, -0.2) is 8.42 Å². The number of amides is 2. The highest BCUT2D eigenvalue weighted by atomic mass is 35.5. The molecule has 0 radical (unpaired) electrons. The van der Waals surface area contributed by atoms with Gasteiger partial charge in [-0.3, -0.25) is 13.9 Å². The molecular formula is C24H31Cl2N3O5S. The van der Waals surface area contributed by atoms with Crippen molar-refractivity contribution in [2.24, 2.45) is 0 Å². The number of halogens is 2. The number of hydrogen-bond acceptors (Lipinski definition) is 5. The van der Waals surface area contributed by atoms with E-state index >= 15 is 0 Å². The number of nitrogens with zero attached hydrogens (tertiary/aromatic N) is 2. The van der Waals surface area contributed by atoms with Crippen LogP contribution in [0, 0.1) is 0 Å². The molecule has 35 heavy (non-hydrogen) atoms. The smallest absolute Gasteiger partial charge is 0.244 e. The van der Waals surface area contributed by atoms with Crippen molar-refractivity contribution in [2.45, 2.75) is 39.3 Å². The number of sulfonamides is 1. The van der Waals surface area contributed by atoms with Crippen LogP contribution < -0.4 is 14.4 Å². The minimum Gasteiger partial charge on any atom is -0.497 e. The summed E-state index contributed by atoms with van der Waals surface area (Å²) in [5, 5.41) is 3.25. The molecule has 8 nitrogen and oxygen atoms in total. The van der Waals surface area contributed by atoms with E-state index in [1.54, 1.807) is 38.3 Å². The molecule has 0 aliphatic heterocycles. The summed E-state index contributed by atoms with van der Waals surface area (Å²) in [6, 6.07) is 10.6. The number of carbonyl (C=O) groups is 2. The number of benzene rings is 2. The summed E-state index contributed by atoms with van der Waals surface area (Å²) in [4.78, 5) is 27.6. The molecule has 11 heteroatoms. The lowest BCUT2D eigenvalue weighted by molar-refractivity contribution is -0.139. The van der Waals surface area contributed by atoms with Crippen LogP contribution in [0.3, 0.4) is 0 Å². The second-order valence-electron chi connectivity index (χ2n) is 8.06. The van der Waals surface area contributed by atoms with Crippen LogP contribution in [0.5, 0.6) is 5.75 Å². The summed E-state index contributed by atoms with van der Waals surface area (Å²) < 4.78 is 31.3. The quantitative estimate of drug-likeness (QED) is 0.406. The average molecular weight is 545 g/mol. The lowest BCUT2D eigenvalue weighted by atomic mass is 10.1. The van der Waals surface area contributed by atoms with Crippen LogP contribution in [0.1, 0.15) is 32.3 Å². The zero-order chi connectivity index (χ0) is 26.2. The molecule has 2 rings (SSSR count). The minimum absolute atomic E-state index is 0.101. The Balaban J connectivity index is 2.36. The van der Waals surface area contributed by atoms with Gasteiger partial charge in [-0.15, -0.1) is 0 Å². The zero-order valence-electron chi connectivity index (χ0n) is 20.3. The van der Waals surface area contributed by atoms with E-state index in [0.717, 1.165) is 29.0 Å². The number of nitrogens with one attached hydrogen (secondary N) is 1. The predicted molar refractivity (Wildman–Crippen MR) is 140 cm³/mol. The Morgan fingerprint density at radius 1 is 1.09 bits per heavy atom. The third kappa shape index (κ3) is 8.30. The predicted octanol–water partition coefficient (Wildman–Crippen LogP) is 4.10. The molecule has 2 aromatic rings. The lowest BCUT2D eigenvalue weighted by Crippen LogP contribution is -2.51. The molecule has 0 spiro atoms. The van der Waals surface area contributed by atoms with Crippen LogP contribution >= 0.6 is 23.2 Å². The molecule has 0 aliphatic carbocycles. The summed E-state index contributed by atoms with van der Waals surface area (Å²) in [6.07, 6.45) is 2.72. The van der Waals surface area contributed by atoms with Crippen molar-refractivity contribution in [2.75, 3.05) is 30.8 Å². The first-order valence-corrected chi connectivity index (χ1v) is 13.7. The normalized spacial score (nSPS) is 12.1. The molecule has 192 valence electrons. The van der Waals surface area contributed by atoms with E-state index in [4.69, 9.17) is 27.9 Å². The van der Waals surface area contributed by atoms with E-state index in [-0.39, 0.29) is 28.2 Å². The van der Waals surface area contributed by atoms with Gasteiger partial charge in [-0.1, -0.05) is 48.7 Å². The Labute approximate surface area is 217 Å². The summed E-state index contributed by atoms with van der Waals surface area (Å²) in [7, 11) is -2.30. The molecule has 2 amide bonds. The van der Waals surface area contributed by atoms with Crippen molar-refractivity contribution in [3.8, 4) is 5.75 Å². The molecular weight excluding hydrogens is 513 g/mol. The van der Waals surface area contributed by atoms with Crippen molar-refractivity contribution in [1.82, 2.24) is 10.2 Å². The van der Waals surface area contributed by atoms with Gasteiger partial charge in [0, 0.05) is 13.1 Å². The van der Waals surface area contributed by atoms with Gasteiger partial charge in [-0.05, 0) is 49.2 Å². The fourth-order valence-electron chi connectivity index (χ4n) is 3.30. The Morgan fingerprint density at radius 3 is 2.29 bits per heavy atom. The number of anilines is 1. The maximum atomic E-state index is 13.5. The zero-order valence-corrected chi connectivity index (χ0v) is 22.6. The molecule has 0 bridgehead atoms. The Morgan fingerprint density at radius 2 is 1.74 bits per heavy atom. The number of hydrogen-bond donors (Lipinski definition) is 1. The van der Waals surface area contributed by atoms with Crippen LogP contribution in [-0.4, -0.2) is 57.6 Å². The summed E-state index contributed by atoms with van der Waals surface area (Å²) >= 11 is 12.0. The number of rotatable bonds is 12. The van der Waals surface area contributed by atoms with Crippen LogP contribution in [0.25, 0.3) is 0 Å². The van der Waals surface area contributed by atoms with E-state index in [9.17, 15) is 18.0 Å². The standard InChI is InChI=1S/C24H31Cl2N3O5S/c1-5-6-13-27-24(31)17(2)28(15-18-7-10-20(34-3)11-8-18)23(30)16-29(35(4,32)33)19-9-12-21(25)22(26)14-19/h7-12,14,17H,5-6,13,15-16H2,1-4H3,(H,27,31)/t17-/m1/s1. The fraction of sp³-hybridized carbons (Fsp3) is 0.417. The molecule has 0 saturated heterocycles. The Hall–Kier alpha value is -2.49. The fourth-order valence-corrected chi connectivity index (χ4v) is 4.43. The molecule has 0 aromatic heterocycles. The van der Waals surface area contributed by atoms with E-state index in [2.05, 4.69) is 5.32 Å². The third-order valence-corrected chi connectivity index (χ3v) is 7.26. The van der Waals surface area contributed by atoms with Gasteiger partial charge in [0.05, 0.1) is 29.1 Å². The van der Waals surface area contributed by atoms with E-state index in [1.807, 2.05) is 6.92 Å². The Bertz CT molecular complexity index is 1130. The van der Waals surface area contributed by atoms with E-state index in [0.29, 0.717) is 12.3 Å². The first kappa shape index (κ1) is 28.7. The average Bonchev–Trinajstić information content (AvgIpc) is 2.82. The number of ether oxygens (including phenoxy) is 1. The summed E-state index contributed by atoms with van der Waals surface area (Å²) in [6.45, 7) is 3.71. The van der Waals surface area contributed by atoms with Crippen molar-refractivity contribution in [3.05, 3.63) is 58.1 Å². The topological polar surface area (TPSA) is 96.0 Å². The largest absolute Gasteiger partial charge is 0.497 e. The molecule has 0 heterocycles. The maximum Gasteiger partial charge on any atom is 0.244 e. The molecule has 0 saturated carbocycles. The van der Waals surface area contributed by atoms with Crippen LogP contribution in [0.15, 0.2) is 42.5 Å². The maximum absolute atomic E-state index is 13.5. The summed E-state index contributed by atoms with van der Waals surface area (Å²) in [5.74, 6) is -0.212.